The number of hydrogen-bond acceptors (Lipinski definition) is 4. The van der Waals surface area contributed by atoms with E-state index in [-0.39, 0.29) is 0 Å². The van der Waals surface area contributed by atoms with E-state index in [0.717, 1.165) is 25.7 Å². The molecular formula is C16H23ClO4. The highest BCUT2D eigenvalue weighted by Crippen LogP contribution is 2.33. The molecule has 0 fully saturated rings. The standard InChI is InChI=1S/C16H23ClO4/c1-4-6-8-20-14-11-15(21-9-7-5-2)13(17)10-12(14)16(18)19-3/h10-11H,4-9H2,1-3H3. The molecule has 0 saturated carbocycles. The number of unbranched alkanes of at least 4 members (excludes halogenated alkanes) is 2. The van der Waals surface area contributed by atoms with Crippen molar-refractivity contribution in [3.05, 3.63) is 22.7 Å². The lowest BCUT2D eigenvalue weighted by molar-refractivity contribution is 0.0596. The van der Waals surface area contributed by atoms with E-state index < -0.39 is 5.97 Å². The fraction of sp³-hybridized carbons (Fsp3) is 0.562. The van der Waals surface area contributed by atoms with Crippen LogP contribution >= 0.6 is 11.6 Å². The van der Waals surface area contributed by atoms with Crippen LogP contribution in [0.2, 0.25) is 5.02 Å². The lowest BCUT2D eigenvalue weighted by Gasteiger charge is -2.14. The Morgan fingerprint density at radius 2 is 1.62 bits per heavy atom. The van der Waals surface area contributed by atoms with Gasteiger partial charge in [0.15, 0.2) is 0 Å². The van der Waals surface area contributed by atoms with Gasteiger partial charge in [-0.2, -0.15) is 0 Å². The van der Waals surface area contributed by atoms with E-state index in [1.54, 1.807) is 6.07 Å². The number of carbonyl (C=O) groups is 1. The zero-order chi connectivity index (χ0) is 15.7. The first kappa shape index (κ1) is 17.6. The number of hydrogen-bond donors (Lipinski definition) is 0. The number of halogens is 1. The van der Waals surface area contributed by atoms with Gasteiger partial charge in [-0.25, -0.2) is 4.79 Å². The molecule has 0 unspecified atom stereocenters. The fourth-order valence-corrected chi connectivity index (χ4v) is 1.91. The van der Waals surface area contributed by atoms with Crippen molar-refractivity contribution in [1.82, 2.24) is 0 Å². The normalized spacial score (nSPS) is 10.3. The molecule has 0 N–H and O–H groups in total. The van der Waals surface area contributed by atoms with Crippen LogP contribution in [0, 0.1) is 0 Å². The number of benzene rings is 1. The number of methoxy groups -OCH3 is 1. The smallest absolute Gasteiger partial charge is 0.341 e. The third kappa shape index (κ3) is 5.46. The second-order valence-electron chi connectivity index (χ2n) is 4.67. The van der Waals surface area contributed by atoms with E-state index in [1.807, 2.05) is 0 Å². The molecule has 1 aromatic carbocycles. The molecule has 0 atom stereocenters. The van der Waals surface area contributed by atoms with Gasteiger partial charge in [0.1, 0.15) is 17.1 Å². The molecule has 0 aliphatic rings. The Labute approximate surface area is 131 Å². The molecule has 21 heavy (non-hydrogen) atoms. The third-order valence-corrected chi connectivity index (χ3v) is 3.25. The largest absolute Gasteiger partial charge is 0.493 e. The summed E-state index contributed by atoms with van der Waals surface area (Å²) in [6.45, 7) is 5.29. The van der Waals surface area contributed by atoms with Crippen LogP contribution in [-0.2, 0) is 4.74 Å². The molecule has 5 heteroatoms. The summed E-state index contributed by atoms with van der Waals surface area (Å²) in [5.41, 5.74) is 0.321. The van der Waals surface area contributed by atoms with Gasteiger partial charge in [0.25, 0.3) is 0 Å². The van der Waals surface area contributed by atoms with E-state index in [2.05, 4.69) is 13.8 Å². The molecule has 1 rings (SSSR count). The Morgan fingerprint density at radius 1 is 1.05 bits per heavy atom. The Hall–Kier alpha value is -1.42. The van der Waals surface area contributed by atoms with Crippen molar-refractivity contribution in [2.24, 2.45) is 0 Å². The third-order valence-electron chi connectivity index (χ3n) is 2.95. The summed E-state index contributed by atoms with van der Waals surface area (Å²) in [6.07, 6.45) is 3.91. The lowest BCUT2D eigenvalue weighted by Crippen LogP contribution is -2.08. The molecule has 0 aliphatic heterocycles. The summed E-state index contributed by atoms with van der Waals surface area (Å²) in [5.74, 6) is 0.513. The Bertz CT molecular complexity index is 460. The molecule has 0 amide bonds. The number of rotatable bonds is 9. The molecule has 4 nitrogen and oxygen atoms in total. The van der Waals surface area contributed by atoms with Gasteiger partial charge >= 0.3 is 5.97 Å². The highest BCUT2D eigenvalue weighted by atomic mass is 35.5. The van der Waals surface area contributed by atoms with Gasteiger partial charge in [0, 0.05) is 6.07 Å². The average molecular weight is 315 g/mol. The summed E-state index contributed by atoms with van der Waals surface area (Å²) in [5, 5.41) is 0.384. The molecule has 0 aliphatic carbocycles. The Morgan fingerprint density at radius 3 is 2.14 bits per heavy atom. The van der Waals surface area contributed by atoms with Gasteiger partial charge in [-0.15, -0.1) is 0 Å². The zero-order valence-corrected chi connectivity index (χ0v) is 13.7. The summed E-state index contributed by atoms with van der Waals surface area (Å²) in [6, 6.07) is 3.20. The van der Waals surface area contributed by atoms with Crippen LogP contribution in [0.5, 0.6) is 11.5 Å². The van der Waals surface area contributed by atoms with Crippen molar-refractivity contribution in [1.29, 1.82) is 0 Å². The molecule has 0 aromatic heterocycles. The van der Waals surface area contributed by atoms with Gasteiger partial charge in [-0.3, -0.25) is 0 Å². The number of esters is 1. The van der Waals surface area contributed by atoms with Gasteiger partial charge in [0.05, 0.1) is 25.3 Å². The molecule has 0 radical (unpaired) electrons. The number of carbonyl (C=O) groups excluding carboxylic acids is 1. The second-order valence-corrected chi connectivity index (χ2v) is 5.08. The van der Waals surface area contributed by atoms with Crippen molar-refractivity contribution >= 4 is 17.6 Å². The second kappa shape index (κ2) is 9.50. The maximum Gasteiger partial charge on any atom is 0.341 e. The first-order chi connectivity index (χ1) is 10.1. The topological polar surface area (TPSA) is 44.8 Å². The highest BCUT2D eigenvalue weighted by molar-refractivity contribution is 6.32. The highest BCUT2D eigenvalue weighted by Gasteiger charge is 2.17. The maximum absolute atomic E-state index is 11.8. The van der Waals surface area contributed by atoms with Crippen molar-refractivity contribution in [3.8, 4) is 11.5 Å². The van der Waals surface area contributed by atoms with E-state index in [4.69, 9.17) is 25.8 Å². The van der Waals surface area contributed by atoms with Gasteiger partial charge < -0.3 is 14.2 Å². The zero-order valence-electron chi connectivity index (χ0n) is 12.9. The Balaban J connectivity index is 2.96. The van der Waals surface area contributed by atoms with Crippen LogP contribution in [0.3, 0.4) is 0 Å². The molecule has 0 heterocycles. The first-order valence-electron chi connectivity index (χ1n) is 7.31. The molecule has 0 spiro atoms. The summed E-state index contributed by atoms with van der Waals surface area (Å²) in [4.78, 5) is 11.8. The van der Waals surface area contributed by atoms with E-state index >= 15 is 0 Å². The van der Waals surface area contributed by atoms with Gasteiger partial charge in [-0.05, 0) is 18.9 Å². The number of ether oxygens (including phenoxy) is 3. The molecule has 1 aromatic rings. The lowest BCUT2D eigenvalue weighted by atomic mass is 10.2. The quantitative estimate of drug-likeness (QED) is 0.498. The van der Waals surface area contributed by atoms with Crippen molar-refractivity contribution in [3.63, 3.8) is 0 Å². The van der Waals surface area contributed by atoms with Gasteiger partial charge in [0.2, 0.25) is 0 Å². The van der Waals surface area contributed by atoms with Crippen LogP contribution in [0.15, 0.2) is 12.1 Å². The minimum Gasteiger partial charge on any atom is -0.493 e. The van der Waals surface area contributed by atoms with Crippen molar-refractivity contribution in [2.45, 2.75) is 39.5 Å². The summed E-state index contributed by atoms with van der Waals surface area (Å²) in [7, 11) is 1.33. The van der Waals surface area contributed by atoms with E-state index in [9.17, 15) is 4.79 Å². The first-order valence-corrected chi connectivity index (χ1v) is 7.69. The monoisotopic (exact) mass is 314 g/mol. The van der Waals surface area contributed by atoms with Crippen molar-refractivity contribution in [2.75, 3.05) is 20.3 Å². The van der Waals surface area contributed by atoms with E-state index in [0.29, 0.717) is 35.3 Å². The molecule has 0 bridgehead atoms. The van der Waals surface area contributed by atoms with E-state index in [1.165, 1.54) is 13.2 Å². The average Bonchev–Trinajstić information content (AvgIpc) is 2.49. The van der Waals surface area contributed by atoms with Crippen LogP contribution < -0.4 is 9.47 Å². The molecular weight excluding hydrogens is 292 g/mol. The van der Waals surface area contributed by atoms with Crippen LogP contribution in [-0.4, -0.2) is 26.3 Å². The predicted molar refractivity (Wildman–Crippen MR) is 83.6 cm³/mol. The summed E-state index contributed by atoms with van der Waals surface area (Å²) < 4.78 is 16.0. The fourth-order valence-electron chi connectivity index (χ4n) is 1.69. The maximum atomic E-state index is 11.8. The SMILES string of the molecule is CCCCOc1cc(OCCCC)c(C(=O)OC)cc1Cl. The van der Waals surface area contributed by atoms with Crippen LogP contribution in [0.4, 0.5) is 0 Å². The Kier molecular flexibility index (Phi) is 7.98. The molecule has 0 saturated heterocycles. The van der Waals surface area contributed by atoms with Crippen LogP contribution in [0.1, 0.15) is 49.9 Å². The molecule has 118 valence electrons. The van der Waals surface area contributed by atoms with Crippen molar-refractivity contribution < 1.29 is 19.0 Å². The predicted octanol–water partition coefficient (Wildman–Crippen LogP) is 4.48. The van der Waals surface area contributed by atoms with Crippen LogP contribution in [0.25, 0.3) is 0 Å². The minimum atomic E-state index is -0.469. The summed E-state index contributed by atoms with van der Waals surface area (Å²) >= 11 is 6.15. The van der Waals surface area contributed by atoms with Gasteiger partial charge in [-0.1, -0.05) is 38.3 Å². The minimum absolute atomic E-state index is 0.321.